The number of hydroxylamine groups is 2. The summed E-state index contributed by atoms with van der Waals surface area (Å²) in [6.07, 6.45) is 9.19. The van der Waals surface area contributed by atoms with Crippen LogP contribution in [0, 0.1) is 11.8 Å². The highest BCUT2D eigenvalue weighted by Crippen LogP contribution is 2.59. The van der Waals surface area contributed by atoms with Crippen LogP contribution < -0.4 is 0 Å². The smallest absolute Gasteiger partial charge is 0.333 e. The van der Waals surface area contributed by atoms with Crippen molar-refractivity contribution in [2.45, 2.75) is 37.8 Å². The number of carbonyl (C=O) groups excluding carboxylic acids is 1. The molecule has 2 unspecified atom stereocenters. The number of H-pyrrole nitrogens is 1. The molecule has 2 aromatic rings. The van der Waals surface area contributed by atoms with Crippen LogP contribution in [0.2, 0.25) is 0 Å². The maximum Gasteiger partial charge on any atom is 0.333 e. The number of aromatic nitrogens is 1. The predicted octanol–water partition coefficient (Wildman–Crippen LogP) is 3.57. The molecule has 1 saturated carbocycles. The summed E-state index contributed by atoms with van der Waals surface area (Å²) in [6, 6.07) is 8.41. The van der Waals surface area contributed by atoms with E-state index in [9.17, 15) is 4.79 Å². The molecule has 5 nitrogen and oxygen atoms in total. The largest absolute Gasteiger partial charge is 0.466 e. The zero-order valence-electron chi connectivity index (χ0n) is 15.0. The van der Waals surface area contributed by atoms with Gasteiger partial charge >= 0.3 is 5.97 Å². The number of methoxy groups -OCH3 is 1. The summed E-state index contributed by atoms with van der Waals surface area (Å²) in [6.45, 7) is 0.891. The number of nitrogens with one attached hydrogen (secondary N) is 1. The van der Waals surface area contributed by atoms with Gasteiger partial charge in [0, 0.05) is 35.1 Å². The number of hydrogen-bond acceptors (Lipinski definition) is 4. The second kappa shape index (κ2) is 5.96. The molecule has 0 bridgehead atoms. The van der Waals surface area contributed by atoms with E-state index in [-0.39, 0.29) is 17.6 Å². The first-order valence-electron chi connectivity index (χ1n) is 9.53. The molecular formula is C21H24N2O3. The first kappa shape index (κ1) is 16.1. The van der Waals surface area contributed by atoms with Crippen LogP contribution in [-0.4, -0.2) is 35.4 Å². The molecular weight excluding hydrogens is 328 g/mol. The predicted molar refractivity (Wildman–Crippen MR) is 98.1 cm³/mol. The van der Waals surface area contributed by atoms with Gasteiger partial charge in [0.15, 0.2) is 5.72 Å². The van der Waals surface area contributed by atoms with Crippen LogP contribution in [0.3, 0.4) is 0 Å². The fourth-order valence-electron chi connectivity index (χ4n) is 5.17. The van der Waals surface area contributed by atoms with Gasteiger partial charge in [0.1, 0.15) is 0 Å². The molecule has 0 radical (unpaired) electrons. The van der Waals surface area contributed by atoms with Crippen molar-refractivity contribution in [1.29, 1.82) is 0 Å². The minimum absolute atomic E-state index is 0.149. The standard InChI is InChI=1S/C21H24N2O3/c1-25-20(24)17-6-4-7-18-16(17)9-11-21(18)23(26-21)12-10-14-13-22-19-8-3-2-5-15(14)19/h2-3,5-6,8,13,16,18,22H,4,7,9-12H2,1H3/t16-,18+,21?,23?/m1/s1. The van der Waals surface area contributed by atoms with Crippen LogP contribution in [0.15, 0.2) is 42.1 Å². The summed E-state index contributed by atoms with van der Waals surface area (Å²) in [5.74, 6) is 0.529. The van der Waals surface area contributed by atoms with Gasteiger partial charge in [0.25, 0.3) is 0 Å². The molecule has 5 rings (SSSR count). The highest BCUT2D eigenvalue weighted by molar-refractivity contribution is 5.89. The molecule has 1 N–H and O–H groups in total. The van der Waals surface area contributed by atoms with E-state index in [1.54, 1.807) is 0 Å². The quantitative estimate of drug-likeness (QED) is 0.675. The highest BCUT2D eigenvalue weighted by Gasteiger charge is 2.66. The Morgan fingerprint density at radius 2 is 2.27 bits per heavy atom. The van der Waals surface area contributed by atoms with Gasteiger partial charge in [-0.2, -0.15) is 5.06 Å². The third kappa shape index (κ3) is 2.34. The number of carbonyl (C=O) groups is 1. The zero-order valence-corrected chi connectivity index (χ0v) is 15.0. The third-order valence-electron chi connectivity index (χ3n) is 6.46. The number of fused-ring (bicyclic) bond motifs is 3. The first-order valence-corrected chi connectivity index (χ1v) is 9.53. The van der Waals surface area contributed by atoms with E-state index in [2.05, 4.69) is 46.6 Å². The van der Waals surface area contributed by atoms with Gasteiger partial charge in [-0.15, -0.1) is 0 Å². The van der Waals surface area contributed by atoms with E-state index >= 15 is 0 Å². The van der Waals surface area contributed by atoms with E-state index in [0.717, 1.165) is 44.2 Å². The maximum atomic E-state index is 12.1. The van der Waals surface area contributed by atoms with Crippen molar-refractivity contribution < 1.29 is 14.4 Å². The van der Waals surface area contributed by atoms with Crippen molar-refractivity contribution in [2.24, 2.45) is 11.8 Å². The molecule has 3 aliphatic rings. The lowest BCUT2D eigenvalue weighted by molar-refractivity contribution is -0.137. The SMILES string of the molecule is COC(=O)C1=CCC[C@H]2[C@@H]1CCC21ON1CCc1c[nH]c2ccccc12. The molecule has 5 heteroatoms. The Labute approximate surface area is 152 Å². The fraction of sp³-hybridized carbons (Fsp3) is 0.476. The van der Waals surface area contributed by atoms with E-state index in [1.165, 1.54) is 23.6 Å². The minimum atomic E-state index is -0.164. The molecule has 1 spiro atoms. The second-order valence-electron chi connectivity index (χ2n) is 7.63. The van der Waals surface area contributed by atoms with Crippen LogP contribution in [0.25, 0.3) is 10.9 Å². The zero-order chi connectivity index (χ0) is 17.7. The van der Waals surface area contributed by atoms with Gasteiger partial charge in [-0.1, -0.05) is 24.3 Å². The van der Waals surface area contributed by atoms with Gasteiger partial charge in [-0.3, -0.25) is 4.84 Å². The van der Waals surface area contributed by atoms with Crippen molar-refractivity contribution in [2.75, 3.05) is 13.7 Å². The number of esters is 1. The van der Waals surface area contributed by atoms with Crippen LogP contribution in [0.5, 0.6) is 0 Å². The molecule has 26 heavy (non-hydrogen) atoms. The average molecular weight is 352 g/mol. The van der Waals surface area contributed by atoms with Gasteiger partial charge in [0.05, 0.1) is 7.11 Å². The summed E-state index contributed by atoms with van der Waals surface area (Å²) in [4.78, 5) is 21.6. The number of ether oxygens (including phenoxy) is 1. The maximum absolute atomic E-state index is 12.1. The number of hydrogen-bond donors (Lipinski definition) is 1. The molecule has 136 valence electrons. The molecule has 4 atom stereocenters. The van der Waals surface area contributed by atoms with Gasteiger partial charge in [-0.25, -0.2) is 4.79 Å². The Morgan fingerprint density at radius 1 is 1.38 bits per heavy atom. The lowest BCUT2D eigenvalue weighted by Gasteiger charge is -2.27. The minimum Gasteiger partial charge on any atom is -0.466 e. The monoisotopic (exact) mass is 352 g/mol. The van der Waals surface area contributed by atoms with Crippen LogP contribution in [0.1, 0.15) is 31.2 Å². The van der Waals surface area contributed by atoms with Gasteiger partial charge in [-0.05, 0) is 49.7 Å². The van der Waals surface area contributed by atoms with Crippen molar-refractivity contribution in [3.63, 3.8) is 0 Å². The Balaban J connectivity index is 1.28. The van der Waals surface area contributed by atoms with E-state index < -0.39 is 0 Å². The molecule has 1 aromatic heterocycles. The number of nitrogens with zero attached hydrogens (tertiary/aromatic N) is 1. The Bertz CT molecular complexity index is 886. The number of para-hydroxylation sites is 1. The van der Waals surface area contributed by atoms with Crippen LogP contribution >= 0.6 is 0 Å². The summed E-state index contributed by atoms with van der Waals surface area (Å²) < 4.78 is 4.99. The Kier molecular flexibility index (Phi) is 3.69. The molecule has 2 fully saturated rings. The second-order valence-corrected chi connectivity index (χ2v) is 7.63. The summed E-state index contributed by atoms with van der Waals surface area (Å²) in [5.41, 5.74) is 3.24. The molecule has 1 aliphatic heterocycles. The van der Waals surface area contributed by atoms with Gasteiger partial charge < -0.3 is 9.72 Å². The number of allylic oxidation sites excluding steroid dienone is 1. The van der Waals surface area contributed by atoms with Crippen LogP contribution in [0.4, 0.5) is 0 Å². The fourth-order valence-corrected chi connectivity index (χ4v) is 5.17. The van der Waals surface area contributed by atoms with Crippen molar-refractivity contribution in [3.05, 3.63) is 47.7 Å². The third-order valence-corrected chi connectivity index (χ3v) is 6.46. The number of aromatic amines is 1. The molecule has 2 heterocycles. The number of benzene rings is 1. The normalized spacial score (nSPS) is 32.5. The molecule has 1 saturated heterocycles. The molecule has 1 aromatic carbocycles. The Hall–Kier alpha value is -2.11. The van der Waals surface area contributed by atoms with Gasteiger partial charge in [0.2, 0.25) is 0 Å². The average Bonchev–Trinajstić information content (AvgIpc) is 3.03. The van der Waals surface area contributed by atoms with E-state index in [0.29, 0.717) is 5.92 Å². The van der Waals surface area contributed by atoms with E-state index in [4.69, 9.17) is 9.57 Å². The molecule has 2 aliphatic carbocycles. The lowest BCUT2D eigenvalue weighted by Crippen LogP contribution is -2.32. The van der Waals surface area contributed by atoms with Crippen molar-refractivity contribution >= 4 is 16.9 Å². The topological polar surface area (TPSA) is 57.6 Å². The Morgan fingerprint density at radius 3 is 3.15 bits per heavy atom. The molecule has 0 amide bonds. The summed E-state index contributed by atoms with van der Waals surface area (Å²) >= 11 is 0. The number of rotatable bonds is 4. The van der Waals surface area contributed by atoms with Crippen LogP contribution in [-0.2, 0) is 20.8 Å². The van der Waals surface area contributed by atoms with E-state index in [1.807, 2.05) is 0 Å². The summed E-state index contributed by atoms with van der Waals surface area (Å²) in [5, 5.41) is 3.46. The first-order chi connectivity index (χ1) is 12.7. The lowest BCUT2D eigenvalue weighted by atomic mass is 9.78. The highest BCUT2D eigenvalue weighted by atomic mass is 16.9. The summed E-state index contributed by atoms with van der Waals surface area (Å²) in [7, 11) is 1.47. The van der Waals surface area contributed by atoms with Crippen molar-refractivity contribution in [3.8, 4) is 0 Å². The van der Waals surface area contributed by atoms with Crippen molar-refractivity contribution in [1.82, 2.24) is 10.0 Å².